The Morgan fingerprint density at radius 2 is 2.12 bits per heavy atom. The second-order valence-electron chi connectivity index (χ2n) is 4.00. The number of hydrogen-bond acceptors (Lipinski definition) is 2. The first-order valence-corrected chi connectivity index (χ1v) is 6.18. The van der Waals surface area contributed by atoms with Crippen molar-refractivity contribution in [1.82, 2.24) is 5.32 Å². The summed E-state index contributed by atoms with van der Waals surface area (Å²) in [7, 11) is 1.59. The summed E-state index contributed by atoms with van der Waals surface area (Å²) in [6.45, 7) is 4.89. The van der Waals surface area contributed by atoms with Crippen LogP contribution in [0.1, 0.15) is 42.6 Å². The van der Waals surface area contributed by atoms with E-state index in [-0.39, 0.29) is 5.91 Å². The molecular weight excluding hydrogens is 214 g/mol. The zero-order valence-corrected chi connectivity index (χ0v) is 10.9. The predicted octanol–water partition coefficient (Wildman–Crippen LogP) is 2.79. The molecule has 0 bridgehead atoms. The maximum Gasteiger partial charge on any atom is 0.255 e. The van der Waals surface area contributed by atoms with E-state index >= 15 is 0 Å². The fourth-order valence-corrected chi connectivity index (χ4v) is 1.63. The number of hydrogen-bond donors (Lipinski definition) is 1. The highest BCUT2D eigenvalue weighted by Gasteiger charge is 2.11. The highest BCUT2D eigenvalue weighted by atomic mass is 16.5. The van der Waals surface area contributed by atoms with Crippen LogP contribution in [0.3, 0.4) is 0 Å². The average molecular weight is 235 g/mol. The van der Waals surface area contributed by atoms with E-state index in [2.05, 4.69) is 19.2 Å². The molecule has 0 atom stereocenters. The molecule has 0 aliphatic heterocycles. The molecule has 0 radical (unpaired) electrons. The van der Waals surface area contributed by atoms with Crippen LogP contribution in [-0.2, 0) is 6.42 Å². The minimum absolute atomic E-state index is 0.0504. The third kappa shape index (κ3) is 3.77. The third-order valence-electron chi connectivity index (χ3n) is 2.73. The molecule has 0 aliphatic rings. The number of nitrogens with one attached hydrogen (secondary N) is 1. The lowest BCUT2D eigenvalue weighted by Gasteiger charge is -2.10. The maximum atomic E-state index is 12.0. The van der Waals surface area contributed by atoms with Crippen LogP contribution in [0, 0.1) is 0 Å². The van der Waals surface area contributed by atoms with Gasteiger partial charge in [0.15, 0.2) is 0 Å². The number of rotatable bonds is 6. The van der Waals surface area contributed by atoms with E-state index in [1.54, 1.807) is 7.11 Å². The van der Waals surface area contributed by atoms with Crippen LogP contribution < -0.4 is 10.1 Å². The van der Waals surface area contributed by atoms with Crippen LogP contribution in [0.4, 0.5) is 0 Å². The fraction of sp³-hybridized carbons (Fsp3) is 0.500. The molecule has 94 valence electrons. The Bertz CT molecular complexity index is 374. The summed E-state index contributed by atoms with van der Waals surface area (Å²) in [6.07, 6.45) is 2.99. The standard InChI is InChI=1S/C14H21NO2/c1-4-6-9-15-14(16)12-10-11(5-2)7-8-13(12)17-3/h7-8,10H,4-6,9H2,1-3H3,(H,15,16). The first-order valence-electron chi connectivity index (χ1n) is 6.18. The summed E-state index contributed by atoms with van der Waals surface area (Å²) in [6, 6.07) is 5.75. The Hall–Kier alpha value is -1.51. The second-order valence-corrected chi connectivity index (χ2v) is 4.00. The molecule has 1 rings (SSSR count). The lowest BCUT2D eigenvalue weighted by molar-refractivity contribution is 0.0950. The number of benzene rings is 1. The summed E-state index contributed by atoms with van der Waals surface area (Å²) in [5.74, 6) is 0.585. The van der Waals surface area contributed by atoms with Crippen molar-refractivity contribution in [3.63, 3.8) is 0 Å². The van der Waals surface area contributed by atoms with Crippen LogP contribution >= 0.6 is 0 Å². The minimum Gasteiger partial charge on any atom is -0.496 e. The van der Waals surface area contributed by atoms with Gasteiger partial charge in [-0.1, -0.05) is 26.3 Å². The molecule has 3 nitrogen and oxygen atoms in total. The number of carbonyl (C=O) groups excluding carboxylic acids is 1. The lowest BCUT2D eigenvalue weighted by Crippen LogP contribution is -2.25. The third-order valence-corrected chi connectivity index (χ3v) is 2.73. The monoisotopic (exact) mass is 235 g/mol. The molecule has 1 N–H and O–H groups in total. The van der Waals surface area contributed by atoms with Crippen molar-refractivity contribution in [2.45, 2.75) is 33.1 Å². The first-order chi connectivity index (χ1) is 8.22. The van der Waals surface area contributed by atoms with E-state index in [0.29, 0.717) is 11.3 Å². The summed E-state index contributed by atoms with van der Waals surface area (Å²) in [4.78, 5) is 12.0. The molecule has 0 unspecified atom stereocenters. The minimum atomic E-state index is -0.0504. The van der Waals surface area contributed by atoms with Crippen LogP contribution in [-0.4, -0.2) is 19.6 Å². The van der Waals surface area contributed by atoms with E-state index in [0.717, 1.165) is 31.4 Å². The van der Waals surface area contributed by atoms with Crippen molar-refractivity contribution in [2.24, 2.45) is 0 Å². The van der Waals surface area contributed by atoms with Crippen LogP contribution in [0.2, 0.25) is 0 Å². The highest BCUT2D eigenvalue weighted by Crippen LogP contribution is 2.20. The SMILES string of the molecule is CCCCNC(=O)c1cc(CC)ccc1OC. The van der Waals surface area contributed by atoms with Gasteiger partial charge in [0.2, 0.25) is 0 Å². The van der Waals surface area contributed by atoms with Gasteiger partial charge in [-0.15, -0.1) is 0 Å². The van der Waals surface area contributed by atoms with Crippen molar-refractivity contribution in [1.29, 1.82) is 0 Å². The first kappa shape index (κ1) is 13.6. The molecule has 1 aromatic carbocycles. The maximum absolute atomic E-state index is 12.0. The molecule has 0 aliphatic carbocycles. The molecule has 0 saturated heterocycles. The smallest absolute Gasteiger partial charge is 0.255 e. The van der Waals surface area contributed by atoms with Crippen molar-refractivity contribution in [3.8, 4) is 5.75 Å². The van der Waals surface area contributed by atoms with Crippen molar-refractivity contribution >= 4 is 5.91 Å². The van der Waals surface area contributed by atoms with Gasteiger partial charge in [-0.3, -0.25) is 4.79 Å². The van der Waals surface area contributed by atoms with Gasteiger partial charge < -0.3 is 10.1 Å². The van der Waals surface area contributed by atoms with Crippen molar-refractivity contribution in [3.05, 3.63) is 29.3 Å². The van der Waals surface area contributed by atoms with E-state index in [4.69, 9.17) is 4.74 Å². The van der Waals surface area contributed by atoms with E-state index in [1.165, 1.54) is 0 Å². The number of amides is 1. The molecule has 0 spiro atoms. The second kappa shape index (κ2) is 6.94. The van der Waals surface area contributed by atoms with Crippen molar-refractivity contribution in [2.75, 3.05) is 13.7 Å². The normalized spacial score (nSPS) is 10.1. The summed E-state index contributed by atoms with van der Waals surface area (Å²) in [5.41, 5.74) is 1.77. The van der Waals surface area contributed by atoms with Gasteiger partial charge in [-0.25, -0.2) is 0 Å². The lowest BCUT2D eigenvalue weighted by atomic mass is 10.1. The van der Waals surface area contributed by atoms with Gasteiger partial charge in [0, 0.05) is 6.54 Å². The van der Waals surface area contributed by atoms with E-state index < -0.39 is 0 Å². The van der Waals surface area contributed by atoms with E-state index in [1.807, 2.05) is 18.2 Å². The number of methoxy groups -OCH3 is 1. The Morgan fingerprint density at radius 1 is 1.35 bits per heavy atom. The Balaban J connectivity index is 2.82. The summed E-state index contributed by atoms with van der Waals surface area (Å²) < 4.78 is 5.21. The number of unbranched alkanes of at least 4 members (excludes halogenated alkanes) is 1. The predicted molar refractivity (Wildman–Crippen MR) is 69.6 cm³/mol. The van der Waals surface area contributed by atoms with Gasteiger partial charge in [-0.2, -0.15) is 0 Å². The average Bonchev–Trinajstić information content (AvgIpc) is 2.38. The van der Waals surface area contributed by atoms with Gasteiger partial charge >= 0.3 is 0 Å². The molecular formula is C14H21NO2. The topological polar surface area (TPSA) is 38.3 Å². The summed E-state index contributed by atoms with van der Waals surface area (Å²) >= 11 is 0. The van der Waals surface area contributed by atoms with Gasteiger partial charge in [0.1, 0.15) is 5.75 Å². The molecule has 0 saturated carbocycles. The Kier molecular flexibility index (Phi) is 5.53. The van der Waals surface area contributed by atoms with Crippen molar-refractivity contribution < 1.29 is 9.53 Å². The molecule has 1 aromatic rings. The van der Waals surface area contributed by atoms with Gasteiger partial charge in [0.05, 0.1) is 12.7 Å². The van der Waals surface area contributed by atoms with E-state index in [9.17, 15) is 4.79 Å². The Labute approximate surface area is 103 Å². The molecule has 3 heteroatoms. The van der Waals surface area contributed by atoms with Crippen LogP contribution in [0.25, 0.3) is 0 Å². The zero-order valence-electron chi connectivity index (χ0n) is 10.9. The van der Waals surface area contributed by atoms with Gasteiger partial charge in [0.25, 0.3) is 5.91 Å². The Morgan fingerprint density at radius 3 is 2.71 bits per heavy atom. The largest absolute Gasteiger partial charge is 0.496 e. The zero-order chi connectivity index (χ0) is 12.7. The number of aryl methyl sites for hydroxylation is 1. The molecule has 17 heavy (non-hydrogen) atoms. The molecule has 1 amide bonds. The molecule has 0 aromatic heterocycles. The van der Waals surface area contributed by atoms with Gasteiger partial charge in [-0.05, 0) is 30.5 Å². The number of carbonyl (C=O) groups is 1. The molecule has 0 fully saturated rings. The fourth-order valence-electron chi connectivity index (χ4n) is 1.63. The highest BCUT2D eigenvalue weighted by molar-refractivity contribution is 5.97. The van der Waals surface area contributed by atoms with Crippen LogP contribution in [0.15, 0.2) is 18.2 Å². The van der Waals surface area contributed by atoms with Crippen LogP contribution in [0.5, 0.6) is 5.75 Å². The number of ether oxygens (including phenoxy) is 1. The summed E-state index contributed by atoms with van der Waals surface area (Å²) in [5, 5.41) is 2.91. The molecule has 0 heterocycles. The quantitative estimate of drug-likeness (QED) is 0.770.